The number of nitrogens with one attached hydrogen (secondary N) is 2. The molecule has 0 amide bonds. The number of anilines is 1. The molecule has 2 aromatic rings. The Labute approximate surface area is 185 Å². The molecule has 0 spiro atoms. The van der Waals surface area contributed by atoms with E-state index < -0.39 is 0 Å². The lowest BCUT2D eigenvalue weighted by Crippen LogP contribution is -2.47. The number of hydrogen-bond donors (Lipinski definition) is 2. The lowest BCUT2D eigenvalue weighted by Gasteiger charge is -2.36. The first-order chi connectivity index (χ1) is 15.2. The number of piperazine rings is 1. The first kappa shape index (κ1) is 22.9. The molecule has 31 heavy (non-hydrogen) atoms. The fourth-order valence-corrected chi connectivity index (χ4v) is 3.79. The van der Waals surface area contributed by atoms with E-state index in [1.807, 2.05) is 19.2 Å². The molecule has 0 aliphatic carbocycles. The van der Waals surface area contributed by atoms with E-state index in [4.69, 9.17) is 4.74 Å². The van der Waals surface area contributed by atoms with Gasteiger partial charge in [0.1, 0.15) is 17.9 Å². The molecule has 1 aromatic heterocycles. The molecule has 0 atom stereocenters. The third-order valence-corrected chi connectivity index (χ3v) is 5.63. The highest BCUT2D eigenvalue weighted by atomic mass is 16.5. The molecule has 2 heterocycles. The zero-order chi connectivity index (χ0) is 21.9. The highest BCUT2D eigenvalue weighted by Crippen LogP contribution is 2.20. The second-order valence-corrected chi connectivity index (χ2v) is 7.60. The number of rotatable bonds is 10. The highest BCUT2D eigenvalue weighted by molar-refractivity contribution is 5.79. The number of benzene rings is 1. The van der Waals surface area contributed by atoms with Crippen LogP contribution in [0.25, 0.3) is 0 Å². The van der Waals surface area contributed by atoms with Gasteiger partial charge in [-0.1, -0.05) is 6.92 Å². The average Bonchev–Trinajstić information content (AvgIpc) is 3.28. The molecular weight excluding hydrogens is 392 g/mol. The van der Waals surface area contributed by atoms with E-state index in [2.05, 4.69) is 59.2 Å². The van der Waals surface area contributed by atoms with Crippen molar-refractivity contribution in [1.29, 1.82) is 0 Å². The van der Waals surface area contributed by atoms with Crippen LogP contribution in [0, 0.1) is 0 Å². The summed E-state index contributed by atoms with van der Waals surface area (Å²) in [5.41, 5.74) is 1.27. The number of aromatic nitrogens is 3. The van der Waals surface area contributed by atoms with E-state index in [1.165, 1.54) is 5.69 Å². The van der Waals surface area contributed by atoms with Gasteiger partial charge in [-0.05, 0) is 37.2 Å². The van der Waals surface area contributed by atoms with Crippen LogP contribution in [0.3, 0.4) is 0 Å². The average molecular weight is 429 g/mol. The van der Waals surface area contributed by atoms with Crippen LogP contribution >= 0.6 is 0 Å². The molecule has 0 bridgehead atoms. The predicted octanol–water partition coefficient (Wildman–Crippen LogP) is 1.23. The molecule has 1 aliphatic rings. The number of aliphatic imine (C=N–C) groups is 1. The molecule has 9 nitrogen and oxygen atoms in total. The molecule has 1 fully saturated rings. The van der Waals surface area contributed by atoms with Crippen LogP contribution in [-0.4, -0.2) is 85.6 Å². The Morgan fingerprint density at radius 2 is 1.81 bits per heavy atom. The molecule has 1 aromatic carbocycles. The van der Waals surface area contributed by atoms with Crippen LogP contribution in [-0.2, 0) is 13.0 Å². The van der Waals surface area contributed by atoms with Gasteiger partial charge in [-0.3, -0.25) is 9.89 Å². The molecular formula is C22H36N8O. The maximum absolute atomic E-state index is 5.25. The highest BCUT2D eigenvalue weighted by Gasteiger charge is 2.16. The van der Waals surface area contributed by atoms with Gasteiger partial charge in [0.05, 0.1) is 7.11 Å². The molecule has 9 heteroatoms. The molecule has 1 saturated heterocycles. The summed E-state index contributed by atoms with van der Waals surface area (Å²) in [5, 5.41) is 14.9. The standard InChI is InChI=1S/C22H36N8O/c1-4-21-27-26-18-30(21)13-11-25-22(23-2)24-10-5-12-28-14-16-29(17-15-28)19-6-8-20(31-3)9-7-19/h6-9,18H,4-5,10-17H2,1-3H3,(H2,23,24,25). The second-order valence-electron chi connectivity index (χ2n) is 7.60. The quantitative estimate of drug-likeness (QED) is 0.335. The van der Waals surface area contributed by atoms with Crippen molar-refractivity contribution < 1.29 is 4.74 Å². The first-order valence-electron chi connectivity index (χ1n) is 11.2. The second kappa shape index (κ2) is 12.1. The van der Waals surface area contributed by atoms with E-state index in [1.54, 1.807) is 13.4 Å². The fraction of sp³-hybridized carbons (Fsp3) is 0.591. The Morgan fingerprint density at radius 1 is 1.06 bits per heavy atom. The Hall–Kier alpha value is -2.81. The van der Waals surface area contributed by atoms with Crippen LogP contribution in [0.15, 0.2) is 35.6 Å². The van der Waals surface area contributed by atoms with Crippen molar-refractivity contribution in [2.75, 3.05) is 64.9 Å². The zero-order valence-corrected chi connectivity index (χ0v) is 19.0. The summed E-state index contributed by atoms with van der Waals surface area (Å²) in [6.45, 7) is 10.0. The number of aryl methyl sites for hydroxylation is 1. The number of hydrogen-bond acceptors (Lipinski definition) is 6. The summed E-state index contributed by atoms with van der Waals surface area (Å²) in [5.74, 6) is 2.76. The number of methoxy groups -OCH3 is 1. The fourth-order valence-electron chi connectivity index (χ4n) is 3.79. The third-order valence-electron chi connectivity index (χ3n) is 5.63. The normalized spacial score (nSPS) is 15.2. The van der Waals surface area contributed by atoms with Crippen LogP contribution in [0.2, 0.25) is 0 Å². The van der Waals surface area contributed by atoms with Crippen molar-refractivity contribution >= 4 is 11.6 Å². The van der Waals surface area contributed by atoms with Gasteiger partial charge < -0.3 is 24.8 Å². The number of nitrogens with zero attached hydrogens (tertiary/aromatic N) is 6. The lowest BCUT2D eigenvalue weighted by molar-refractivity contribution is 0.255. The van der Waals surface area contributed by atoms with E-state index in [-0.39, 0.29) is 0 Å². The minimum absolute atomic E-state index is 0.790. The molecule has 3 rings (SSSR count). The van der Waals surface area contributed by atoms with Gasteiger partial charge in [0.15, 0.2) is 5.96 Å². The number of ether oxygens (including phenoxy) is 1. The molecule has 2 N–H and O–H groups in total. The monoisotopic (exact) mass is 428 g/mol. The largest absolute Gasteiger partial charge is 0.497 e. The van der Waals surface area contributed by atoms with Crippen molar-refractivity contribution in [2.24, 2.45) is 4.99 Å². The Kier molecular flexibility index (Phi) is 8.96. The molecule has 0 unspecified atom stereocenters. The minimum Gasteiger partial charge on any atom is -0.497 e. The van der Waals surface area contributed by atoms with Crippen LogP contribution in [0.5, 0.6) is 5.75 Å². The van der Waals surface area contributed by atoms with Gasteiger partial charge in [0, 0.05) is 65.0 Å². The molecule has 170 valence electrons. The maximum atomic E-state index is 5.25. The van der Waals surface area contributed by atoms with Crippen molar-refractivity contribution in [3.8, 4) is 5.75 Å². The van der Waals surface area contributed by atoms with E-state index in [0.717, 1.165) is 82.7 Å². The van der Waals surface area contributed by atoms with Gasteiger partial charge in [-0.25, -0.2) is 0 Å². The summed E-state index contributed by atoms with van der Waals surface area (Å²) in [4.78, 5) is 9.30. The van der Waals surface area contributed by atoms with Crippen molar-refractivity contribution in [3.63, 3.8) is 0 Å². The minimum atomic E-state index is 0.790. The number of guanidine groups is 1. The van der Waals surface area contributed by atoms with Gasteiger partial charge >= 0.3 is 0 Å². The van der Waals surface area contributed by atoms with Crippen molar-refractivity contribution in [2.45, 2.75) is 26.3 Å². The van der Waals surface area contributed by atoms with Gasteiger partial charge in [-0.2, -0.15) is 0 Å². The SMILES string of the molecule is CCc1nncn1CCNC(=NC)NCCCN1CCN(c2ccc(OC)cc2)CC1. The summed E-state index contributed by atoms with van der Waals surface area (Å²) >= 11 is 0. The smallest absolute Gasteiger partial charge is 0.191 e. The van der Waals surface area contributed by atoms with E-state index >= 15 is 0 Å². The van der Waals surface area contributed by atoms with Crippen LogP contribution < -0.4 is 20.3 Å². The van der Waals surface area contributed by atoms with Crippen molar-refractivity contribution in [1.82, 2.24) is 30.3 Å². The summed E-state index contributed by atoms with van der Waals surface area (Å²) < 4.78 is 7.32. The molecule has 1 aliphatic heterocycles. The van der Waals surface area contributed by atoms with Gasteiger partial charge in [-0.15, -0.1) is 10.2 Å². The zero-order valence-electron chi connectivity index (χ0n) is 19.0. The maximum Gasteiger partial charge on any atom is 0.191 e. The Morgan fingerprint density at radius 3 is 2.48 bits per heavy atom. The lowest BCUT2D eigenvalue weighted by atomic mass is 10.2. The Balaban J connectivity index is 1.28. The predicted molar refractivity (Wildman–Crippen MR) is 125 cm³/mol. The van der Waals surface area contributed by atoms with Gasteiger partial charge in [0.2, 0.25) is 0 Å². The summed E-state index contributed by atoms with van der Waals surface area (Å²) in [6.07, 6.45) is 3.76. The van der Waals surface area contributed by atoms with Crippen LogP contribution in [0.4, 0.5) is 5.69 Å². The van der Waals surface area contributed by atoms with E-state index in [9.17, 15) is 0 Å². The third kappa shape index (κ3) is 6.85. The summed E-state index contributed by atoms with van der Waals surface area (Å²) in [6, 6.07) is 8.35. The molecule has 0 radical (unpaired) electrons. The topological polar surface area (TPSA) is 82.8 Å². The summed E-state index contributed by atoms with van der Waals surface area (Å²) in [7, 11) is 3.51. The van der Waals surface area contributed by atoms with Gasteiger partial charge in [0.25, 0.3) is 0 Å². The first-order valence-corrected chi connectivity index (χ1v) is 11.2. The molecule has 0 saturated carbocycles. The van der Waals surface area contributed by atoms with E-state index in [0.29, 0.717) is 0 Å². The Bertz CT molecular complexity index is 796. The van der Waals surface area contributed by atoms with Crippen LogP contribution in [0.1, 0.15) is 19.2 Å². The van der Waals surface area contributed by atoms with Crippen molar-refractivity contribution in [3.05, 3.63) is 36.4 Å².